The maximum Gasteiger partial charge on any atom is 0.251 e. The van der Waals surface area contributed by atoms with Crippen molar-refractivity contribution >= 4 is 17.5 Å². The Hall–Kier alpha value is -2.70. The van der Waals surface area contributed by atoms with E-state index in [1.54, 1.807) is 0 Å². The van der Waals surface area contributed by atoms with Crippen molar-refractivity contribution in [1.82, 2.24) is 9.80 Å². The summed E-state index contributed by atoms with van der Waals surface area (Å²) in [6, 6.07) is 18.2. The second-order valence-electron chi connectivity index (χ2n) is 8.41. The minimum absolute atomic E-state index is 0.0772. The number of nitrogens with zero attached hydrogens (tertiary/aromatic N) is 3. The molecule has 1 atom stereocenters. The summed E-state index contributed by atoms with van der Waals surface area (Å²) in [7, 11) is 0. The van der Waals surface area contributed by atoms with Crippen LogP contribution in [0.25, 0.3) is 0 Å². The third kappa shape index (κ3) is 5.51. The van der Waals surface area contributed by atoms with Crippen molar-refractivity contribution in [3.8, 4) is 0 Å². The summed E-state index contributed by atoms with van der Waals surface area (Å²) >= 11 is 0. The molecule has 0 radical (unpaired) electrons. The normalized spacial score (nSPS) is 19.4. The first-order valence-corrected chi connectivity index (χ1v) is 11.1. The topological polar surface area (TPSA) is 53.1 Å². The van der Waals surface area contributed by atoms with Gasteiger partial charge in [-0.15, -0.1) is 0 Å². The molecule has 2 aliphatic rings. The van der Waals surface area contributed by atoms with E-state index in [4.69, 9.17) is 4.74 Å². The number of benzene rings is 2. The number of ether oxygens (including phenoxy) is 1. The molecule has 6 nitrogen and oxygen atoms in total. The van der Waals surface area contributed by atoms with Crippen molar-refractivity contribution in [2.24, 2.45) is 0 Å². The Labute approximate surface area is 184 Å². The lowest BCUT2D eigenvalue weighted by molar-refractivity contribution is -0.142. The highest BCUT2D eigenvalue weighted by Crippen LogP contribution is 2.20. The van der Waals surface area contributed by atoms with Crippen LogP contribution in [0.2, 0.25) is 0 Å². The lowest BCUT2D eigenvalue weighted by Crippen LogP contribution is -2.53. The van der Waals surface area contributed by atoms with Crippen molar-refractivity contribution in [3.05, 3.63) is 65.7 Å². The van der Waals surface area contributed by atoms with Crippen molar-refractivity contribution in [2.75, 3.05) is 44.2 Å². The van der Waals surface area contributed by atoms with Crippen LogP contribution in [-0.2, 0) is 20.9 Å². The molecule has 164 valence electrons. The molecule has 0 unspecified atom stereocenters. The zero-order valence-corrected chi connectivity index (χ0v) is 18.2. The van der Waals surface area contributed by atoms with Crippen LogP contribution in [0.15, 0.2) is 54.6 Å². The molecule has 6 heteroatoms. The number of amides is 2. The van der Waals surface area contributed by atoms with Gasteiger partial charge in [0.1, 0.15) is 6.10 Å². The second-order valence-corrected chi connectivity index (χ2v) is 8.41. The number of rotatable bonds is 6. The van der Waals surface area contributed by atoms with E-state index in [0.717, 1.165) is 29.7 Å². The first-order chi connectivity index (χ1) is 15.1. The monoisotopic (exact) mass is 421 g/mol. The van der Waals surface area contributed by atoms with Crippen molar-refractivity contribution in [3.63, 3.8) is 0 Å². The highest BCUT2D eigenvalue weighted by atomic mass is 16.5. The molecule has 0 N–H and O–H groups in total. The van der Waals surface area contributed by atoms with Crippen molar-refractivity contribution in [1.29, 1.82) is 0 Å². The third-order valence-corrected chi connectivity index (χ3v) is 6.05. The number of hydrogen-bond acceptors (Lipinski definition) is 4. The number of hydrogen-bond donors (Lipinski definition) is 0. The lowest BCUT2D eigenvalue weighted by Gasteiger charge is -2.36. The fraction of sp³-hybridized carbons (Fsp3) is 0.440. The molecule has 0 spiro atoms. The van der Waals surface area contributed by atoms with Crippen LogP contribution >= 0.6 is 0 Å². The van der Waals surface area contributed by atoms with Crippen LogP contribution in [0, 0.1) is 6.92 Å². The average Bonchev–Trinajstić information content (AvgIpc) is 3.33. The summed E-state index contributed by atoms with van der Waals surface area (Å²) < 4.78 is 5.54. The first kappa shape index (κ1) is 21.5. The minimum atomic E-state index is -0.268. The van der Waals surface area contributed by atoms with Crippen LogP contribution in [-0.4, -0.2) is 67.0 Å². The Kier molecular flexibility index (Phi) is 6.99. The molecule has 0 bridgehead atoms. The van der Waals surface area contributed by atoms with Crippen molar-refractivity contribution in [2.45, 2.75) is 32.4 Å². The van der Waals surface area contributed by atoms with Gasteiger partial charge in [-0.05, 0) is 43.0 Å². The van der Waals surface area contributed by atoms with Crippen LogP contribution in [0.3, 0.4) is 0 Å². The van der Waals surface area contributed by atoms with Gasteiger partial charge in [-0.2, -0.15) is 0 Å². The van der Waals surface area contributed by atoms with Crippen molar-refractivity contribution < 1.29 is 14.3 Å². The molecule has 2 heterocycles. The summed E-state index contributed by atoms with van der Waals surface area (Å²) in [6.45, 7) is 6.32. The molecule has 2 amide bonds. The van der Waals surface area contributed by atoms with E-state index < -0.39 is 0 Å². The van der Waals surface area contributed by atoms with E-state index >= 15 is 0 Å². The summed E-state index contributed by atoms with van der Waals surface area (Å²) in [5.41, 5.74) is 3.15. The molecule has 2 aromatic carbocycles. The van der Waals surface area contributed by atoms with Gasteiger partial charge in [0, 0.05) is 38.5 Å². The van der Waals surface area contributed by atoms with Gasteiger partial charge < -0.3 is 14.5 Å². The highest BCUT2D eigenvalue weighted by Gasteiger charge is 2.31. The smallest absolute Gasteiger partial charge is 0.251 e. The van der Waals surface area contributed by atoms with Gasteiger partial charge in [0.2, 0.25) is 5.91 Å². The largest absolute Gasteiger partial charge is 0.368 e. The molecular weight excluding hydrogens is 390 g/mol. The van der Waals surface area contributed by atoms with E-state index in [-0.39, 0.29) is 17.9 Å². The van der Waals surface area contributed by atoms with Gasteiger partial charge in [-0.25, -0.2) is 0 Å². The predicted molar refractivity (Wildman–Crippen MR) is 121 cm³/mol. The Morgan fingerprint density at radius 3 is 2.48 bits per heavy atom. The number of piperazine rings is 1. The number of carbonyl (C=O) groups is 2. The molecule has 0 aliphatic carbocycles. The molecule has 2 aromatic rings. The van der Waals surface area contributed by atoms with Gasteiger partial charge in [0.25, 0.3) is 5.91 Å². The standard InChI is InChI=1S/C25H31N3O3/c1-20-7-5-10-22(17-20)28(18-21-8-3-2-4-9-21)24(29)19-26-12-14-27(15-13-26)25(30)23-11-6-16-31-23/h2-5,7-10,17,23H,6,11-16,18-19H2,1H3/t23-/m1/s1. The lowest BCUT2D eigenvalue weighted by atomic mass is 10.1. The van der Waals surface area contributed by atoms with E-state index in [9.17, 15) is 9.59 Å². The molecular formula is C25H31N3O3. The van der Waals surface area contributed by atoms with Gasteiger partial charge in [-0.1, -0.05) is 42.5 Å². The predicted octanol–water partition coefficient (Wildman–Crippen LogP) is 2.85. The Morgan fingerprint density at radius 2 is 1.81 bits per heavy atom. The molecule has 2 saturated heterocycles. The van der Waals surface area contributed by atoms with Crippen LogP contribution in [0.4, 0.5) is 5.69 Å². The maximum atomic E-state index is 13.3. The molecule has 2 aliphatic heterocycles. The summed E-state index contributed by atoms with van der Waals surface area (Å²) in [5.74, 6) is 0.183. The highest BCUT2D eigenvalue weighted by molar-refractivity contribution is 5.94. The number of carbonyl (C=O) groups excluding carboxylic acids is 2. The van der Waals surface area contributed by atoms with E-state index in [0.29, 0.717) is 45.9 Å². The molecule has 2 fully saturated rings. The molecule has 0 saturated carbocycles. The minimum Gasteiger partial charge on any atom is -0.368 e. The zero-order valence-electron chi connectivity index (χ0n) is 18.2. The van der Waals surface area contributed by atoms with Gasteiger partial charge >= 0.3 is 0 Å². The van der Waals surface area contributed by atoms with Crippen LogP contribution < -0.4 is 4.90 Å². The van der Waals surface area contributed by atoms with Crippen LogP contribution in [0.5, 0.6) is 0 Å². The number of anilines is 1. The van der Waals surface area contributed by atoms with Gasteiger partial charge in [0.15, 0.2) is 0 Å². The summed E-state index contributed by atoms with van der Waals surface area (Å²) in [4.78, 5) is 31.8. The maximum absolute atomic E-state index is 13.3. The summed E-state index contributed by atoms with van der Waals surface area (Å²) in [6.07, 6.45) is 1.51. The van der Waals surface area contributed by atoms with Crippen LogP contribution in [0.1, 0.15) is 24.0 Å². The zero-order chi connectivity index (χ0) is 21.6. The first-order valence-electron chi connectivity index (χ1n) is 11.1. The quantitative estimate of drug-likeness (QED) is 0.720. The van der Waals surface area contributed by atoms with E-state index in [1.807, 2.05) is 65.3 Å². The average molecular weight is 422 g/mol. The van der Waals surface area contributed by atoms with E-state index in [2.05, 4.69) is 11.0 Å². The molecule has 4 rings (SSSR count). The Morgan fingerprint density at radius 1 is 1.03 bits per heavy atom. The Balaban J connectivity index is 1.39. The fourth-order valence-electron chi connectivity index (χ4n) is 4.26. The second kappa shape index (κ2) is 10.1. The molecule has 0 aromatic heterocycles. The number of aryl methyl sites for hydroxylation is 1. The SMILES string of the molecule is Cc1cccc(N(Cc2ccccc2)C(=O)CN2CCN(C(=O)[C@H]3CCCO3)CC2)c1. The summed E-state index contributed by atoms with van der Waals surface area (Å²) in [5, 5.41) is 0. The Bertz CT molecular complexity index is 888. The van der Waals surface area contributed by atoms with E-state index in [1.165, 1.54) is 0 Å². The third-order valence-electron chi connectivity index (χ3n) is 6.05. The fourth-order valence-corrected chi connectivity index (χ4v) is 4.26. The van der Waals surface area contributed by atoms with Gasteiger partial charge in [-0.3, -0.25) is 14.5 Å². The van der Waals surface area contributed by atoms with Gasteiger partial charge in [0.05, 0.1) is 13.1 Å². The molecule has 31 heavy (non-hydrogen) atoms.